The van der Waals surface area contributed by atoms with Crippen LogP contribution in [0.4, 0.5) is 5.82 Å². The van der Waals surface area contributed by atoms with Gasteiger partial charge in [-0.1, -0.05) is 23.2 Å². The van der Waals surface area contributed by atoms with E-state index in [0.29, 0.717) is 5.82 Å². The normalized spacial score (nSPS) is 10.9. The molecule has 1 heterocycles. The number of benzene rings is 2. The third-order valence-electron chi connectivity index (χ3n) is 3.50. The van der Waals surface area contributed by atoms with Gasteiger partial charge in [-0.3, -0.25) is 0 Å². The van der Waals surface area contributed by atoms with Gasteiger partial charge >= 0.3 is 0 Å². The van der Waals surface area contributed by atoms with Crippen LogP contribution in [-0.2, 0) is 0 Å². The van der Waals surface area contributed by atoms with Gasteiger partial charge in [0, 0.05) is 23.0 Å². The van der Waals surface area contributed by atoms with Gasteiger partial charge in [-0.2, -0.15) is 0 Å². The van der Waals surface area contributed by atoms with Gasteiger partial charge in [-0.15, -0.1) is 0 Å². The van der Waals surface area contributed by atoms with Gasteiger partial charge in [0.1, 0.15) is 5.82 Å². The highest BCUT2D eigenvalue weighted by molar-refractivity contribution is 6.31. The second kappa shape index (κ2) is 5.34. The van der Waals surface area contributed by atoms with Crippen LogP contribution in [0.25, 0.3) is 22.3 Å². The molecule has 21 heavy (non-hydrogen) atoms. The molecule has 0 saturated carbocycles. The molecule has 3 nitrogen and oxygen atoms in total. The lowest BCUT2D eigenvalue weighted by Gasteiger charge is -2.09. The molecule has 0 bridgehead atoms. The Labute approximate surface area is 129 Å². The van der Waals surface area contributed by atoms with Crippen LogP contribution in [0, 0.1) is 13.8 Å². The average molecular weight is 298 g/mol. The van der Waals surface area contributed by atoms with Crippen molar-refractivity contribution in [3.63, 3.8) is 0 Å². The van der Waals surface area contributed by atoms with E-state index in [0.717, 1.165) is 32.9 Å². The predicted molar refractivity (Wildman–Crippen MR) is 89.0 cm³/mol. The van der Waals surface area contributed by atoms with Crippen LogP contribution < -0.4 is 5.32 Å². The fraction of sp³-hybridized carbons (Fsp3) is 0.176. The zero-order chi connectivity index (χ0) is 15.0. The number of halogens is 1. The van der Waals surface area contributed by atoms with E-state index in [1.54, 1.807) is 0 Å². The van der Waals surface area contributed by atoms with Crippen LogP contribution in [0.15, 0.2) is 36.4 Å². The molecule has 0 unspecified atom stereocenters. The number of aromatic nitrogens is 2. The Hall–Kier alpha value is -2.13. The second-order valence-corrected chi connectivity index (χ2v) is 5.54. The van der Waals surface area contributed by atoms with Crippen LogP contribution in [0.1, 0.15) is 11.1 Å². The summed E-state index contributed by atoms with van der Waals surface area (Å²) in [6.07, 6.45) is 0. The van der Waals surface area contributed by atoms with Crippen molar-refractivity contribution in [1.29, 1.82) is 0 Å². The first-order valence-electron chi connectivity index (χ1n) is 6.81. The summed E-state index contributed by atoms with van der Waals surface area (Å²) >= 11 is 6.09. The van der Waals surface area contributed by atoms with Gasteiger partial charge in [-0.25, -0.2) is 9.97 Å². The van der Waals surface area contributed by atoms with Crippen LogP contribution in [-0.4, -0.2) is 17.0 Å². The van der Waals surface area contributed by atoms with Crippen molar-refractivity contribution in [2.75, 3.05) is 12.4 Å². The maximum Gasteiger partial charge on any atom is 0.162 e. The molecular formula is C17H16ClN3. The van der Waals surface area contributed by atoms with Crippen molar-refractivity contribution in [1.82, 2.24) is 9.97 Å². The van der Waals surface area contributed by atoms with Crippen LogP contribution in [0.5, 0.6) is 0 Å². The monoisotopic (exact) mass is 297 g/mol. The highest BCUT2D eigenvalue weighted by atomic mass is 35.5. The van der Waals surface area contributed by atoms with Crippen LogP contribution >= 0.6 is 11.6 Å². The molecule has 106 valence electrons. The molecular weight excluding hydrogens is 282 g/mol. The predicted octanol–water partition coefficient (Wildman–Crippen LogP) is 4.61. The first kappa shape index (κ1) is 13.8. The highest BCUT2D eigenvalue weighted by Gasteiger charge is 2.09. The highest BCUT2D eigenvalue weighted by Crippen LogP contribution is 2.27. The Morgan fingerprint density at radius 2 is 1.81 bits per heavy atom. The molecule has 0 aliphatic heterocycles. The molecule has 3 rings (SSSR count). The fourth-order valence-corrected chi connectivity index (χ4v) is 2.46. The SMILES string of the molecule is CNc1nc(-c2ccc(Cl)c(C)c2)nc2ccc(C)cc12. The molecule has 0 aliphatic rings. The van der Waals surface area contributed by atoms with Gasteiger partial charge in [0.05, 0.1) is 5.52 Å². The van der Waals surface area contributed by atoms with E-state index < -0.39 is 0 Å². The first-order valence-corrected chi connectivity index (χ1v) is 7.19. The summed E-state index contributed by atoms with van der Waals surface area (Å²) in [5.74, 6) is 1.54. The number of rotatable bonds is 2. The van der Waals surface area contributed by atoms with Gasteiger partial charge < -0.3 is 5.32 Å². The summed E-state index contributed by atoms with van der Waals surface area (Å²) < 4.78 is 0. The van der Waals surface area contributed by atoms with Crippen molar-refractivity contribution in [3.05, 3.63) is 52.5 Å². The lowest BCUT2D eigenvalue weighted by atomic mass is 10.1. The van der Waals surface area contributed by atoms with Crippen molar-refractivity contribution in [2.45, 2.75) is 13.8 Å². The van der Waals surface area contributed by atoms with E-state index >= 15 is 0 Å². The molecule has 0 aliphatic carbocycles. The number of hydrogen-bond acceptors (Lipinski definition) is 3. The number of hydrogen-bond donors (Lipinski definition) is 1. The molecule has 2 aromatic carbocycles. The van der Waals surface area contributed by atoms with Crippen LogP contribution in [0.2, 0.25) is 5.02 Å². The van der Waals surface area contributed by atoms with Crippen LogP contribution in [0.3, 0.4) is 0 Å². The summed E-state index contributed by atoms with van der Waals surface area (Å²) in [7, 11) is 1.88. The standard InChI is InChI=1S/C17H16ClN3/c1-10-4-7-15-13(8-10)17(19-3)21-16(20-15)12-5-6-14(18)11(2)9-12/h4-9H,1-3H3,(H,19,20,21). The first-order chi connectivity index (χ1) is 10.1. The summed E-state index contributed by atoms with van der Waals surface area (Å²) in [4.78, 5) is 9.31. The molecule has 0 spiro atoms. The number of fused-ring (bicyclic) bond motifs is 1. The summed E-state index contributed by atoms with van der Waals surface area (Å²) in [5.41, 5.74) is 4.11. The summed E-state index contributed by atoms with van der Waals surface area (Å²) in [5, 5.41) is 4.94. The third-order valence-corrected chi connectivity index (χ3v) is 3.93. The zero-order valence-electron chi connectivity index (χ0n) is 12.2. The van der Waals surface area contributed by atoms with Crippen molar-refractivity contribution in [2.24, 2.45) is 0 Å². The molecule has 0 atom stereocenters. The lowest BCUT2D eigenvalue weighted by molar-refractivity contribution is 1.21. The van der Waals surface area contributed by atoms with E-state index in [2.05, 4.69) is 34.3 Å². The van der Waals surface area contributed by atoms with E-state index in [1.165, 1.54) is 5.56 Å². The lowest BCUT2D eigenvalue weighted by Crippen LogP contribution is -1.99. The maximum atomic E-state index is 6.09. The van der Waals surface area contributed by atoms with E-state index in [4.69, 9.17) is 11.6 Å². The third kappa shape index (κ3) is 2.57. The maximum absolute atomic E-state index is 6.09. The molecule has 1 N–H and O–H groups in total. The Balaban J connectivity index is 2.23. The Bertz CT molecular complexity index is 828. The minimum absolute atomic E-state index is 0.704. The van der Waals surface area contributed by atoms with E-state index in [-0.39, 0.29) is 0 Å². The molecule has 4 heteroatoms. The second-order valence-electron chi connectivity index (χ2n) is 5.13. The van der Waals surface area contributed by atoms with E-state index in [1.807, 2.05) is 38.2 Å². The van der Waals surface area contributed by atoms with Crippen molar-refractivity contribution < 1.29 is 0 Å². The molecule has 0 saturated heterocycles. The Kier molecular flexibility index (Phi) is 3.52. The minimum atomic E-state index is 0.704. The quantitative estimate of drug-likeness (QED) is 0.750. The minimum Gasteiger partial charge on any atom is -0.373 e. The number of nitrogens with zero attached hydrogens (tertiary/aromatic N) is 2. The topological polar surface area (TPSA) is 37.8 Å². The molecule has 1 aromatic heterocycles. The van der Waals surface area contributed by atoms with Crippen molar-refractivity contribution in [3.8, 4) is 11.4 Å². The summed E-state index contributed by atoms with van der Waals surface area (Å²) in [6, 6.07) is 12.0. The number of aryl methyl sites for hydroxylation is 2. The molecule has 0 fully saturated rings. The van der Waals surface area contributed by atoms with Gasteiger partial charge in [-0.05, 0) is 49.7 Å². The van der Waals surface area contributed by atoms with Crippen molar-refractivity contribution >= 4 is 28.3 Å². The molecule has 0 amide bonds. The fourth-order valence-electron chi connectivity index (χ4n) is 2.35. The van der Waals surface area contributed by atoms with Gasteiger partial charge in [0.15, 0.2) is 5.82 Å². The van der Waals surface area contributed by atoms with Gasteiger partial charge in [0.2, 0.25) is 0 Å². The average Bonchev–Trinajstić information content (AvgIpc) is 2.49. The largest absolute Gasteiger partial charge is 0.373 e. The Morgan fingerprint density at radius 1 is 1.00 bits per heavy atom. The zero-order valence-corrected chi connectivity index (χ0v) is 13.0. The van der Waals surface area contributed by atoms with E-state index in [9.17, 15) is 0 Å². The summed E-state index contributed by atoms with van der Waals surface area (Å²) in [6.45, 7) is 4.05. The molecule has 3 aromatic rings. The Morgan fingerprint density at radius 3 is 2.52 bits per heavy atom. The van der Waals surface area contributed by atoms with Gasteiger partial charge in [0.25, 0.3) is 0 Å². The smallest absolute Gasteiger partial charge is 0.162 e. The number of anilines is 1. The number of nitrogens with one attached hydrogen (secondary N) is 1. The molecule has 0 radical (unpaired) electrons.